The third-order valence-corrected chi connectivity index (χ3v) is 3.45. The van der Waals surface area contributed by atoms with E-state index in [-0.39, 0.29) is 0 Å². The molecule has 0 spiro atoms. The van der Waals surface area contributed by atoms with Crippen LogP contribution in [0.4, 0.5) is 17.1 Å². The van der Waals surface area contributed by atoms with Crippen LogP contribution in [0, 0.1) is 6.92 Å². The molecule has 90 valence electrons. The number of aryl methyl sites for hydroxylation is 1. The van der Waals surface area contributed by atoms with E-state index in [0.717, 1.165) is 29.4 Å². The highest BCUT2D eigenvalue weighted by molar-refractivity contribution is 7.09. The molecule has 0 atom stereocenters. The van der Waals surface area contributed by atoms with Crippen molar-refractivity contribution in [3.05, 3.63) is 34.3 Å². The first-order chi connectivity index (χ1) is 8.15. The Morgan fingerprint density at radius 1 is 1.29 bits per heavy atom. The Morgan fingerprint density at radius 2 is 2.12 bits per heavy atom. The van der Waals surface area contributed by atoms with Crippen molar-refractivity contribution in [3.8, 4) is 0 Å². The van der Waals surface area contributed by atoms with E-state index < -0.39 is 0 Å². The minimum absolute atomic E-state index is 0.611. The van der Waals surface area contributed by atoms with Gasteiger partial charge in [0.1, 0.15) is 0 Å². The second kappa shape index (κ2) is 5.05. The molecule has 0 aliphatic heterocycles. The van der Waals surface area contributed by atoms with Gasteiger partial charge < -0.3 is 16.8 Å². The molecule has 0 saturated heterocycles. The van der Waals surface area contributed by atoms with Crippen molar-refractivity contribution in [2.24, 2.45) is 0 Å². The fourth-order valence-corrected chi connectivity index (χ4v) is 2.29. The van der Waals surface area contributed by atoms with Gasteiger partial charge in [-0.25, -0.2) is 4.98 Å². The molecule has 5 heteroatoms. The van der Waals surface area contributed by atoms with Crippen LogP contribution in [0.2, 0.25) is 0 Å². The van der Waals surface area contributed by atoms with Gasteiger partial charge in [-0.15, -0.1) is 11.3 Å². The molecular weight excluding hydrogens is 232 g/mol. The summed E-state index contributed by atoms with van der Waals surface area (Å²) in [7, 11) is 0. The molecule has 17 heavy (non-hydrogen) atoms. The van der Waals surface area contributed by atoms with Crippen LogP contribution in [0.3, 0.4) is 0 Å². The number of hydrogen-bond donors (Lipinski definition) is 3. The molecular formula is C12H16N4S. The second-order valence-electron chi connectivity index (χ2n) is 3.90. The summed E-state index contributed by atoms with van der Waals surface area (Å²) in [5, 5.41) is 6.52. The summed E-state index contributed by atoms with van der Waals surface area (Å²) >= 11 is 1.69. The average molecular weight is 248 g/mol. The molecule has 1 aromatic heterocycles. The third-order valence-electron chi connectivity index (χ3n) is 2.42. The largest absolute Gasteiger partial charge is 0.397 e. The predicted molar refractivity (Wildman–Crippen MR) is 74.3 cm³/mol. The van der Waals surface area contributed by atoms with E-state index in [0.29, 0.717) is 11.4 Å². The highest BCUT2D eigenvalue weighted by Crippen LogP contribution is 2.19. The summed E-state index contributed by atoms with van der Waals surface area (Å²) in [6.07, 6.45) is 0.919. The molecule has 1 aromatic carbocycles. The Balaban J connectivity index is 1.87. The van der Waals surface area contributed by atoms with Crippen molar-refractivity contribution in [2.45, 2.75) is 13.3 Å². The maximum absolute atomic E-state index is 5.73. The summed E-state index contributed by atoms with van der Waals surface area (Å²) in [4.78, 5) is 4.41. The molecule has 0 radical (unpaired) electrons. The molecule has 1 heterocycles. The van der Waals surface area contributed by atoms with Crippen LogP contribution in [-0.2, 0) is 6.42 Å². The van der Waals surface area contributed by atoms with E-state index in [4.69, 9.17) is 11.5 Å². The summed E-state index contributed by atoms with van der Waals surface area (Å²) in [6.45, 7) is 2.85. The van der Waals surface area contributed by atoms with Gasteiger partial charge in [-0.05, 0) is 25.1 Å². The van der Waals surface area contributed by atoms with Gasteiger partial charge in [-0.3, -0.25) is 0 Å². The topological polar surface area (TPSA) is 77.0 Å². The van der Waals surface area contributed by atoms with Crippen molar-refractivity contribution < 1.29 is 0 Å². The third kappa shape index (κ3) is 3.10. The lowest BCUT2D eigenvalue weighted by Gasteiger charge is -2.07. The summed E-state index contributed by atoms with van der Waals surface area (Å²) < 4.78 is 0. The van der Waals surface area contributed by atoms with Gasteiger partial charge in [0.15, 0.2) is 0 Å². The van der Waals surface area contributed by atoms with Crippen LogP contribution < -0.4 is 16.8 Å². The Bertz CT molecular complexity index is 507. The first-order valence-corrected chi connectivity index (χ1v) is 6.33. The van der Waals surface area contributed by atoms with Crippen LogP contribution in [0.15, 0.2) is 23.6 Å². The van der Waals surface area contributed by atoms with Crippen LogP contribution >= 0.6 is 11.3 Å². The van der Waals surface area contributed by atoms with Gasteiger partial charge >= 0.3 is 0 Å². The minimum atomic E-state index is 0.611. The number of nitrogens with zero attached hydrogens (tertiary/aromatic N) is 1. The SMILES string of the molecule is Cc1csc(CCNc2ccc(N)c(N)c2)n1. The van der Waals surface area contributed by atoms with Crippen molar-refractivity contribution in [1.82, 2.24) is 4.98 Å². The van der Waals surface area contributed by atoms with Gasteiger partial charge in [0.05, 0.1) is 16.4 Å². The number of benzene rings is 1. The fraction of sp³-hybridized carbons (Fsp3) is 0.250. The number of nitrogens with two attached hydrogens (primary N) is 2. The molecule has 2 rings (SSSR count). The van der Waals surface area contributed by atoms with Crippen LogP contribution in [0.5, 0.6) is 0 Å². The molecule has 0 unspecified atom stereocenters. The Kier molecular flexibility index (Phi) is 3.49. The maximum atomic E-state index is 5.73. The number of aromatic nitrogens is 1. The van der Waals surface area contributed by atoms with Crippen LogP contribution in [0.25, 0.3) is 0 Å². The number of anilines is 3. The predicted octanol–water partition coefficient (Wildman–Crippen LogP) is 2.27. The number of rotatable bonds is 4. The zero-order valence-electron chi connectivity index (χ0n) is 9.73. The molecule has 5 N–H and O–H groups in total. The van der Waals surface area contributed by atoms with E-state index >= 15 is 0 Å². The lowest BCUT2D eigenvalue weighted by atomic mass is 10.2. The van der Waals surface area contributed by atoms with Crippen molar-refractivity contribution >= 4 is 28.4 Å². The molecule has 0 aliphatic carbocycles. The molecule has 4 nitrogen and oxygen atoms in total. The van der Waals surface area contributed by atoms with Crippen molar-refractivity contribution in [1.29, 1.82) is 0 Å². The number of nitrogens with one attached hydrogen (secondary N) is 1. The number of thiazole rings is 1. The Hall–Kier alpha value is -1.75. The molecule has 0 amide bonds. The Labute approximate surface area is 105 Å². The van der Waals surface area contributed by atoms with E-state index in [1.165, 1.54) is 0 Å². The van der Waals surface area contributed by atoms with Crippen molar-refractivity contribution in [2.75, 3.05) is 23.3 Å². The summed E-state index contributed by atoms with van der Waals surface area (Å²) in [5.74, 6) is 0. The zero-order chi connectivity index (χ0) is 12.3. The minimum Gasteiger partial charge on any atom is -0.397 e. The van der Waals surface area contributed by atoms with Crippen molar-refractivity contribution in [3.63, 3.8) is 0 Å². The smallest absolute Gasteiger partial charge is 0.0945 e. The van der Waals surface area contributed by atoms with Crippen LogP contribution in [-0.4, -0.2) is 11.5 Å². The summed E-state index contributed by atoms with van der Waals surface area (Å²) in [6, 6.07) is 5.59. The maximum Gasteiger partial charge on any atom is 0.0945 e. The van der Waals surface area contributed by atoms with E-state index in [1.807, 2.05) is 25.1 Å². The lowest BCUT2D eigenvalue weighted by Crippen LogP contribution is -2.05. The number of hydrogen-bond acceptors (Lipinski definition) is 5. The standard InChI is InChI=1S/C12H16N4S/c1-8-7-17-12(16-8)4-5-15-9-2-3-10(13)11(14)6-9/h2-3,6-7,15H,4-5,13-14H2,1H3. The molecule has 0 saturated carbocycles. The number of nitrogen functional groups attached to an aromatic ring is 2. The van der Waals surface area contributed by atoms with E-state index in [9.17, 15) is 0 Å². The van der Waals surface area contributed by atoms with E-state index in [2.05, 4.69) is 15.7 Å². The normalized spacial score (nSPS) is 10.4. The highest BCUT2D eigenvalue weighted by Gasteiger charge is 2.00. The van der Waals surface area contributed by atoms with E-state index in [1.54, 1.807) is 11.3 Å². The van der Waals surface area contributed by atoms with Gasteiger partial charge in [-0.2, -0.15) is 0 Å². The average Bonchev–Trinajstić information content (AvgIpc) is 2.70. The zero-order valence-corrected chi connectivity index (χ0v) is 10.6. The quantitative estimate of drug-likeness (QED) is 0.725. The fourth-order valence-electron chi connectivity index (χ4n) is 1.52. The molecule has 2 aromatic rings. The first kappa shape index (κ1) is 11.7. The molecule has 0 fully saturated rings. The van der Waals surface area contributed by atoms with Gasteiger partial charge in [0.25, 0.3) is 0 Å². The Morgan fingerprint density at radius 3 is 2.76 bits per heavy atom. The second-order valence-corrected chi connectivity index (χ2v) is 4.85. The summed E-state index contributed by atoms with van der Waals surface area (Å²) in [5.41, 5.74) is 14.7. The lowest BCUT2D eigenvalue weighted by molar-refractivity contribution is 0.987. The molecule has 0 aliphatic rings. The van der Waals surface area contributed by atoms with Gasteiger partial charge in [0, 0.05) is 29.7 Å². The molecule has 0 bridgehead atoms. The van der Waals surface area contributed by atoms with Gasteiger partial charge in [-0.1, -0.05) is 0 Å². The van der Waals surface area contributed by atoms with Gasteiger partial charge in [0.2, 0.25) is 0 Å². The van der Waals surface area contributed by atoms with Crippen LogP contribution in [0.1, 0.15) is 10.7 Å². The first-order valence-electron chi connectivity index (χ1n) is 5.45. The monoisotopic (exact) mass is 248 g/mol. The highest BCUT2D eigenvalue weighted by atomic mass is 32.1.